The number of nitrogens with zero attached hydrogens (tertiary/aromatic N) is 2. The highest BCUT2D eigenvalue weighted by atomic mass is 16.2. The maximum atomic E-state index is 12.0. The first-order valence-electron chi connectivity index (χ1n) is 7.32. The van der Waals surface area contributed by atoms with Crippen LogP contribution in [0.5, 0.6) is 0 Å². The fourth-order valence-corrected chi connectivity index (χ4v) is 2.64. The van der Waals surface area contributed by atoms with Crippen molar-refractivity contribution < 1.29 is 4.79 Å². The van der Waals surface area contributed by atoms with E-state index in [0.29, 0.717) is 6.54 Å². The van der Waals surface area contributed by atoms with Crippen molar-refractivity contribution in [3.8, 4) is 0 Å². The maximum Gasteiger partial charge on any atom is 0.238 e. The number of aryl methyl sites for hydroxylation is 1. The van der Waals surface area contributed by atoms with Crippen molar-refractivity contribution in [2.75, 3.05) is 33.7 Å². The van der Waals surface area contributed by atoms with Crippen molar-refractivity contribution >= 4 is 5.91 Å². The lowest BCUT2D eigenvalue weighted by molar-refractivity contribution is -0.128. The molecule has 0 radical (unpaired) electrons. The van der Waals surface area contributed by atoms with Crippen LogP contribution in [0.4, 0.5) is 0 Å². The van der Waals surface area contributed by atoms with Crippen LogP contribution in [0.25, 0.3) is 0 Å². The lowest BCUT2D eigenvalue weighted by Crippen LogP contribution is -2.31. The van der Waals surface area contributed by atoms with Gasteiger partial charge >= 0.3 is 0 Å². The Morgan fingerprint density at radius 1 is 1.35 bits per heavy atom. The van der Waals surface area contributed by atoms with Crippen molar-refractivity contribution in [2.45, 2.75) is 25.9 Å². The standard InChI is InChI=1S/C16H25N3O/c1-13-7-6-8-14(11-13)16-17-12-15(20)19(16)10-5-4-9-18(2)3/h6-8,11,16-17H,4-5,9-10,12H2,1-3H3. The molecule has 1 amide bonds. The molecule has 1 heterocycles. The van der Waals surface area contributed by atoms with Crippen LogP contribution < -0.4 is 5.32 Å². The Bertz CT molecular complexity index is 459. The second kappa shape index (κ2) is 6.86. The molecule has 1 aromatic carbocycles. The van der Waals surface area contributed by atoms with Gasteiger partial charge in [0.2, 0.25) is 5.91 Å². The number of hydrogen-bond donors (Lipinski definition) is 1. The van der Waals surface area contributed by atoms with E-state index in [1.165, 1.54) is 11.1 Å². The Hall–Kier alpha value is -1.39. The largest absolute Gasteiger partial charge is 0.322 e. The summed E-state index contributed by atoms with van der Waals surface area (Å²) in [4.78, 5) is 16.2. The number of hydrogen-bond acceptors (Lipinski definition) is 3. The fourth-order valence-electron chi connectivity index (χ4n) is 2.64. The number of nitrogens with one attached hydrogen (secondary N) is 1. The summed E-state index contributed by atoms with van der Waals surface area (Å²) in [7, 11) is 4.16. The minimum Gasteiger partial charge on any atom is -0.322 e. The molecule has 2 rings (SSSR count). The van der Waals surface area contributed by atoms with Crippen LogP contribution in [0.1, 0.15) is 30.1 Å². The molecule has 1 N–H and O–H groups in total. The predicted octanol–water partition coefficient (Wildman–Crippen LogP) is 1.77. The molecule has 20 heavy (non-hydrogen) atoms. The van der Waals surface area contributed by atoms with Crippen LogP contribution in [0.15, 0.2) is 24.3 Å². The van der Waals surface area contributed by atoms with Gasteiger partial charge in [-0.1, -0.05) is 29.8 Å². The fraction of sp³-hybridized carbons (Fsp3) is 0.562. The third-order valence-electron chi connectivity index (χ3n) is 3.69. The van der Waals surface area contributed by atoms with Gasteiger partial charge in [-0.05, 0) is 46.0 Å². The van der Waals surface area contributed by atoms with E-state index in [4.69, 9.17) is 0 Å². The van der Waals surface area contributed by atoms with Gasteiger partial charge in [-0.3, -0.25) is 10.1 Å². The topological polar surface area (TPSA) is 35.6 Å². The molecule has 110 valence electrons. The molecule has 0 aromatic heterocycles. The highest BCUT2D eigenvalue weighted by Gasteiger charge is 2.30. The molecule has 4 heteroatoms. The molecule has 1 aliphatic rings. The quantitative estimate of drug-likeness (QED) is 0.804. The molecule has 1 fully saturated rings. The van der Waals surface area contributed by atoms with E-state index in [2.05, 4.69) is 55.5 Å². The van der Waals surface area contributed by atoms with Crippen LogP contribution in [-0.2, 0) is 4.79 Å². The highest BCUT2D eigenvalue weighted by Crippen LogP contribution is 2.23. The zero-order valence-corrected chi connectivity index (χ0v) is 12.7. The third kappa shape index (κ3) is 3.81. The van der Waals surface area contributed by atoms with Gasteiger partial charge < -0.3 is 9.80 Å². The van der Waals surface area contributed by atoms with Crippen LogP contribution in [0.2, 0.25) is 0 Å². The third-order valence-corrected chi connectivity index (χ3v) is 3.69. The number of benzene rings is 1. The van der Waals surface area contributed by atoms with Crippen LogP contribution in [0, 0.1) is 6.92 Å². The smallest absolute Gasteiger partial charge is 0.238 e. The summed E-state index contributed by atoms with van der Waals surface area (Å²) >= 11 is 0. The van der Waals surface area contributed by atoms with E-state index in [-0.39, 0.29) is 12.1 Å². The molecule has 0 saturated carbocycles. The molecular formula is C16H25N3O. The zero-order valence-electron chi connectivity index (χ0n) is 12.7. The first-order valence-corrected chi connectivity index (χ1v) is 7.32. The summed E-state index contributed by atoms with van der Waals surface area (Å²) in [5.74, 6) is 0.210. The van der Waals surface area contributed by atoms with Crippen LogP contribution in [-0.4, -0.2) is 49.4 Å². The second-order valence-corrected chi connectivity index (χ2v) is 5.80. The van der Waals surface area contributed by atoms with Crippen molar-refractivity contribution in [1.29, 1.82) is 0 Å². The molecule has 0 spiro atoms. The average molecular weight is 275 g/mol. The number of carbonyl (C=O) groups is 1. The van der Waals surface area contributed by atoms with Gasteiger partial charge in [0.15, 0.2) is 0 Å². The zero-order chi connectivity index (χ0) is 14.5. The van der Waals surface area contributed by atoms with Crippen molar-refractivity contribution in [3.63, 3.8) is 0 Å². The van der Waals surface area contributed by atoms with E-state index in [9.17, 15) is 4.79 Å². The van der Waals surface area contributed by atoms with Crippen LogP contribution >= 0.6 is 0 Å². The van der Waals surface area contributed by atoms with Gasteiger partial charge in [0.25, 0.3) is 0 Å². The molecule has 1 aromatic rings. The summed E-state index contributed by atoms with van der Waals surface area (Å²) in [6.45, 7) is 4.44. The molecule has 0 aliphatic carbocycles. The molecule has 1 saturated heterocycles. The molecule has 1 atom stereocenters. The Balaban J connectivity index is 1.96. The maximum absolute atomic E-state index is 12.0. The van der Waals surface area contributed by atoms with E-state index in [1.54, 1.807) is 0 Å². The lowest BCUT2D eigenvalue weighted by Gasteiger charge is -2.25. The summed E-state index contributed by atoms with van der Waals surface area (Å²) in [6, 6.07) is 8.39. The predicted molar refractivity (Wildman–Crippen MR) is 81.4 cm³/mol. The van der Waals surface area contributed by atoms with Gasteiger partial charge in [0.1, 0.15) is 6.17 Å². The molecule has 1 aliphatic heterocycles. The molecule has 1 unspecified atom stereocenters. The lowest BCUT2D eigenvalue weighted by atomic mass is 10.1. The SMILES string of the molecule is Cc1cccc(C2NCC(=O)N2CCCCN(C)C)c1. The normalized spacial score (nSPS) is 19.1. The van der Waals surface area contributed by atoms with Crippen molar-refractivity contribution in [3.05, 3.63) is 35.4 Å². The van der Waals surface area contributed by atoms with Crippen LogP contribution in [0.3, 0.4) is 0 Å². The minimum atomic E-state index is 0.0433. The van der Waals surface area contributed by atoms with Gasteiger partial charge in [0, 0.05) is 6.54 Å². The summed E-state index contributed by atoms with van der Waals surface area (Å²) in [6.07, 6.45) is 2.22. The van der Waals surface area contributed by atoms with E-state index in [1.807, 2.05) is 4.90 Å². The van der Waals surface area contributed by atoms with Crippen molar-refractivity contribution in [1.82, 2.24) is 15.1 Å². The van der Waals surface area contributed by atoms with Crippen molar-refractivity contribution in [2.24, 2.45) is 0 Å². The average Bonchev–Trinajstić information content (AvgIpc) is 2.76. The highest BCUT2D eigenvalue weighted by molar-refractivity contribution is 5.80. The molecule has 0 bridgehead atoms. The summed E-state index contributed by atoms with van der Waals surface area (Å²) in [5.41, 5.74) is 2.42. The number of carbonyl (C=O) groups excluding carboxylic acids is 1. The first-order chi connectivity index (χ1) is 9.58. The minimum absolute atomic E-state index is 0.0433. The first kappa shape index (κ1) is 15.0. The Morgan fingerprint density at radius 2 is 2.15 bits per heavy atom. The second-order valence-electron chi connectivity index (χ2n) is 5.80. The number of rotatable bonds is 6. The number of unbranched alkanes of at least 4 members (excludes halogenated alkanes) is 1. The Kier molecular flexibility index (Phi) is 5.15. The van der Waals surface area contributed by atoms with Gasteiger partial charge in [-0.25, -0.2) is 0 Å². The Labute approximate surface area is 121 Å². The van der Waals surface area contributed by atoms with E-state index >= 15 is 0 Å². The monoisotopic (exact) mass is 275 g/mol. The summed E-state index contributed by atoms with van der Waals surface area (Å²) in [5, 5.41) is 3.32. The van der Waals surface area contributed by atoms with Gasteiger partial charge in [-0.2, -0.15) is 0 Å². The Morgan fingerprint density at radius 3 is 2.85 bits per heavy atom. The molecule has 4 nitrogen and oxygen atoms in total. The molecular weight excluding hydrogens is 250 g/mol. The number of amides is 1. The van der Waals surface area contributed by atoms with Gasteiger partial charge in [0.05, 0.1) is 6.54 Å². The van der Waals surface area contributed by atoms with E-state index < -0.39 is 0 Å². The van der Waals surface area contributed by atoms with E-state index in [0.717, 1.165) is 25.9 Å². The van der Waals surface area contributed by atoms with Gasteiger partial charge in [-0.15, -0.1) is 0 Å². The summed E-state index contributed by atoms with van der Waals surface area (Å²) < 4.78 is 0.